The summed E-state index contributed by atoms with van der Waals surface area (Å²) < 4.78 is 13.3. The molecule has 20 heavy (non-hydrogen) atoms. The van der Waals surface area contributed by atoms with Gasteiger partial charge in [-0.25, -0.2) is 4.39 Å². The maximum absolute atomic E-state index is 13.3. The second-order valence-electron chi connectivity index (χ2n) is 4.73. The van der Waals surface area contributed by atoms with E-state index in [0.29, 0.717) is 17.7 Å². The molecular formula is C15H20FN3O. The zero-order valence-electron chi connectivity index (χ0n) is 12.1. The molecular weight excluding hydrogens is 257 g/mol. The van der Waals surface area contributed by atoms with Gasteiger partial charge in [0.25, 0.3) is 5.91 Å². The lowest BCUT2D eigenvalue weighted by Gasteiger charge is -2.20. The molecule has 108 valence electrons. The number of benzene rings is 1. The maximum atomic E-state index is 13.3. The first-order chi connectivity index (χ1) is 9.45. The largest absolute Gasteiger partial charge is 0.340 e. The second-order valence-corrected chi connectivity index (χ2v) is 4.73. The van der Waals surface area contributed by atoms with E-state index in [1.165, 1.54) is 18.2 Å². The molecule has 1 rings (SSSR count). The fourth-order valence-electron chi connectivity index (χ4n) is 1.61. The smallest absolute Gasteiger partial charge is 0.254 e. The van der Waals surface area contributed by atoms with Crippen LogP contribution in [-0.2, 0) is 0 Å². The van der Waals surface area contributed by atoms with Gasteiger partial charge < -0.3 is 15.5 Å². The van der Waals surface area contributed by atoms with E-state index in [4.69, 9.17) is 5.73 Å². The van der Waals surface area contributed by atoms with Crippen molar-refractivity contribution >= 4 is 5.91 Å². The molecule has 0 aliphatic rings. The van der Waals surface area contributed by atoms with E-state index >= 15 is 0 Å². The minimum absolute atomic E-state index is 0.167. The van der Waals surface area contributed by atoms with Crippen LogP contribution >= 0.6 is 0 Å². The van der Waals surface area contributed by atoms with Crippen LogP contribution in [0.2, 0.25) is 0 Å². The highest BCUT2D eigenvalue weighted by atomic mass is 19.1. The van der Waals surface area contributed by atoms with Gasteiger partial charge in [0.15, 0.2) is 0 Å². The third-order valence-electron chi connectivity index (χ3n) is 2.77. The molecule has 0 unspecified atom stereocenters. The summed E-state index contributed by atoms with van der Waals surface area (Å²) in [4.78, 5) is 15.9. The van der Waals surface area contributed by atoms with Gasteiger partial charge in [-0.15, -0.1) is 0 Å². The van der Waals surface area contributed by atoms with Crippen LogP contribution in [-0.4, -0.2) is 56.5 Å². The Bertz CT molecular complexity index is 532. The third-order valence-corrected chi connectivity index (χ3v) is 2.77. The molecule has 0 aromatic heterocycles. The third kappa shape index (κ3) is 4.65. The van der Waals surface area contributed by atoms with Crippen LogP contribution in [0.3, 0.4) is 0 Å². The Hall–Kier alpha value is -1.90. The molecule has 0 atom stereocenters. The molecule has 0 radical (unpaired) electrons. The molecule has 1 aromatic rings. The van der Waals surface area contributed by atoms with Crippen LogP contribution in [0, 0.1) is 17.7 Å². The molecule has 0 bridgehead atoms. The van der Waals surface area contributed by atoms with Gasteiger partial charge in [-0.2, -0.15) is 0 Å². The number of carbonyl (C=O) groups excluding carboxylic acids is 1. The Morgan fingerprint density at radius 1 is 1.30 bits per heavy atom. The summed E-state index contributed by atoms with van der Waals surface area (Å²) in [7, 11) is 5.60. The Balaban J connectivity index is 2.97. The van der Waals surface area contributed by atoms with Crippen molar-refractivity contribution < 1.29 is 9.18 Å². The monoisotopic (exact) mass is 277 g/mol. The maximum Gasteiger partial charge on any atom is 0.254 e. The summed E-state index contributed by atoms with van der Waals surface area (Å²) >= 11 is 0. The molecule has 0 aliphatic carbocycles. The molecule has 2 N–H and O–H groups in total. The highest BCUT2D eigenvalue weighted by Gasteiger charge is 2.15. The average molecular weight is 277 g/mol. The zero-order valence-corrected chi connectivity index (χ0v) is 12.1. The fourth-order valence-corrected chi connectivity index (χ4v) is 1.61. The number of nitrogens with two attached hydrogens (primary N) is 1. The minimum Gasteiger partial charge on any atom is -0.340 e. The van der Waals surface area contributed by atoms with Gasteiger partial charge in [0.2, 0.25) is 0 Å². The van der Waals surface area contributed by atoms with Crippen molar-refractivity contribution in [1.82, 2.24) is 9.80 Å². The molecule has 0 heterocycles. The summed E-state index contributed by atoms with van der Waals surface area (Å²) in [6.45, 7) is 1.51. The van der Waals surface area contributed by atoms with E-state index in [1.807, 2.05) is 19.0 Å². The predicted molar refractivity (Wildman–Crippen MR) is 77.8 cm³/mol. The lowest BCUT2D eigenvalue weighted by molar-refractivity contribution is 0.0786. The average Bonchev–Trinajstić information content (AvgIpc) is 2.41. The van der Waals surface area contributed by atoms with E-state index in [1.54, 1.807) is 11.9 Å². The lowest BCUT2D eigenvalue weighted by atomic mass is 10.1. The first-order valence-electron chi connectivity index (χ1n) is 6.34. The first kappa shape index (κ1) is 16.2. The van der Waals surface area contributed by atoms with E-state index in [2.05, 4.69) is 11.8 Å². The van der Waals surface area contributed by atoms with Crippen molar-refractivity contribution in [1.29, 1.82) is 0 Å². The quantitative estimate of drug-likeness (QED) is 0.827. The molecule has 0 fully saturated rings. The van der Waals surface area contributed by atoms with Crippen molar-refractivity contribution in [3.8, 4) is 11.8 Å². The molecule has 0 aliphatic heterocycles. The highest BCUT2D eigenvalue weighted by molar-refractivity contribution is 5.96. The summed E-state index contributed by atoms with van der Waals surface area (Å²) in [6, 6.07) is 3.99. The normalized spacial score (nSPS) is 10.1. The number of hydrogen-bond donors (Lipinski definition) is 1. The molecule has 1 amide bonds. The van der Waals surface area contributed by atoms with Crippen LogP contribution in [0.15, 0.2) is 18.2 Å². The molecule has 0 spiro atoms. The Morgan fingerprint density at radius 3 is 2.60 bits per heavy atom. The fraction of sp³-hybridized carbons (Fsp3) is 0.400. The molecule has 0 saturated heterocycles. The number of hydrogen-bond acceptors (Lipinski definition) is 3. The Kier molecular flexibility index (Phi) is 6.16. The number of amides is 1. The van der Waals surface area contributed by atoms with Gasteiger partial charge in [0.1, 0.15) is 5.82 Å². The molecule has 5 heteroatoms. The Morgan fingerprint density at radius 2 is 2.00 bits per heavy atom. The van der Waals surface area contributed by atoms with Gasteiger partial charge in [0.05, 0.1) is 12.1 Å². The number of nitrogens with zero attached hydrogens (tertiary/aromatic N) is 2. The van der Waals surface area contributed by atoms with Gasteiger partial charge in [-0.05, 0) is 32.3 Å². The van der Waals surface area contributed by atoms with Crippen LogP contribution in [0.1, 0.15) is 15.9 Å². The molecule has 0 saturated carbocycles. The zero-order chi connectivity index (χ0) is 15.1. The number of carbonyl (C=O) groups is 1. The van der Waals surface area contributed by atoms with Crippen LogP contribution in [0.5, 0.6) is 0 Å². The van der Waals surface area contributed by atoms with Crippen LogP contribution in [0.4, 0.5) is 4.39 Å². The van der Waals surface area contributed by atoms with Gasteiger partial charge in [-0.3, -0.25) is 4.79 Å². The van der Waals surface area contributed by atoms with Crippen molar-refractivity contribution in [3.63, 3.8) is 0 Å². The number of likely N-dealkylation sites (N-methyl/N-ethyl adjacent to an activating group) is 2. The summed E-state index contributed by atoms with van der Waals surface area (Å²) in [6.07, 6.45) is 0. The number of halogens is 1. The van der Waals surface area contributed by atoms with E-state index < -0.39 is 5.82 Å². The van der Waals surface area contributed by atoms with Gasteiger partial charge >= 0.3 is 0 Å². The number of rotatable bonds is 4. The topological polar surface area (TPSA) is 49.6 Å². The van der Waals surface area contributed by atoms with Crippen LogP contribution in [0.25, 0.3) is 0 Å². The lowest BCUT2D eigenvalue weighted by Crippen LogP contribution is -2.33. The predicted octanol–water partition coefficient (Wildman–Crippen LogP) is 0.769. The summed E-state index contributed by atoms with van der Waals surface area (Å²) in [5, 5.41) is 0. The van der Waals surface area contributed by atoms with Crippen molar-refractivity contribution in [2.75, 3.05) is 40.8 Å². The summed E-state index contributed by atoms with van der Waals surface area (Å²) in [5.74, 6) is 4.80. The van der Waals surface area contributed by atoms with E-state index in [0.717, 1.165) is 6.54 Å². The van der Waals surface area contributed by atoms with E-state index in [9.17, 15) is 9.18 Å². The van der Waals surface area contributed by atoms with Gasteiger partial charge in [-0.1, -0.05) is 11.8 Å². The Labute approximate surface area is 119 Å². The minimum atomic E-state index is -0.418. The summed E-state index contributed by atoms with van der Waals surface area (Å²) in [5.41, 5.74) is 6.08. The van der Waals surface area contributed by atoms with Crippen LogP contribution < -0.4 is 5.73 Å². The molecule has 4 nitrogen and oxygen atoms in total. The first-order valence-corrected chi connectivity index (χ1v) is 6.34. The standard InChI is InChI=1S/C15H20FN3O/c1-18(2)9-10-19(3)15(20)14-7-6-13(16)11-12(14)5-4-8-17/h6-7,11H,8-10,17H2,1-3H3. The molecule has 1 aromatic carbocycles. The SMILES string of the molecule is CN(C)CCN(C)C(=O)c1ccc(F)cc1C#CCN. The van der Waals surface area contributed by atoms with E-state index in [-0.39, 0.29) is 12.5 Å². The van der Waals surface area contributed by atoms with Crippen molar-refractivity contribution in [2.24, 2.45) is 5.73 Å². The van der Waals surface area contributed by atoms with Gasteiger partial charge in [0, 0.05) is 25.7 Å². The second kappa shape index (κ2) is 7.63. The van der Waals surface area contributed by atoms with Crippen molar-refractivity contribution in [2.45, 2.75) is 0 Å². The highest BCUT2D eigenvalue weighted by Crippen LogP contribution is 2.12. The van der Waals surface area contributed by atoms with Crippen molar-refractivity contribution in [3.05, 3.63) is 35.1 Å².